The molecule has 0 spiro atoms. The molecule has 0 amide bonds. The van der Waals surface area contributed by atoms with Gasteiger partial charge in [0.15, 0.2) is 0 Å². The van der Waals surface area contributed by atoms with Gasteiger partial charge < -0.3 is 0 Å². The van der Waals surface area contributed by atoms with Crippen molar-refractivity contribution >= 4 is 97.8 Å². The maximum Gasteiger partial charge on any atom is 0.126 e. The molecule has 0 aliphatic heterocycles. The summed E-state index contributed by atoms with van der Waals surface area (Å²) < 4.78 is -0.208. The van der Waals surface area contributed by atoms with Crippen LogP contribution in [0.3, 0.4) is 0 Å². The van der Waals surface area contributed by atoms with Crippen LogP contribution in [0.5, 0.6) is 0 Å². The summed E-state index contributed by atoms with van der Waals surface area (Å²) >= 11 is 46.2. The standard InChI is InChI=1S/C8Cl8/c9-2-1(4(11)8(15)16)3(10)6(13)7(14)5(2)12/i1+1,2+1,3+1,4+1,5+1,6+1,7+1,8+1. The van der Waals surface area contributed by atoms with Gasteiger partial charge in [-0.1, -0.05) is 92.8 Å². The summed E-state index contributed by atoms with van der Waals surface area (Å²) in [6.45, 7) is 0. The zero-order valence-corrected chi connectivity index (χ0v) is 13.1. The van der Waals surface area contributed by atoms with Gasteiger partial charge in [0.05, 0.1) is 30.1 Å². The molecule has 8 heteroatoms. The zero-order chi connectivity index (χ0) is 12.6. The molecule has 1 aromatic rings. The molecular weight excluding hydrogens is 388 g/mol. The molecule has 0 unspecified atom stereocenters. The molecule has 16 heavy (non-hydrogen) atoms. The van der Waals surface area contributed by atoms with Crippen LogP contribution in [0.15, 0.2) is 4.49 Å². The lowest BCUT2D eigenvalue weighted by molar-refractivity contribution is 1.64. The molecule has 0 nitrogen and oxygen atoms in total. The fourth-order valence-electron chi connectivity index (χ4n) is 0.892. The maximum absolute atomic E-state index is 5.92. The molecule has 0 fully saturated rings. The van der Waals surface area contributed by atoms with Crippen LogP contribution in [-0.4, -0.2) is 0 Å². The quantitative estimate of drug-likeness (QED) is 0.269. The van der Waals surface area contributed by atoms with Crippen LogP contribution < -0.4 is 0 Å². The van der Waals surface area contributed by atoms with Crippen LogP contribution in [0, 0.1) is 0 Å². The molecule has 0 aliphatic carbocycles. The van der Waals surface area contributed by atoms with E-state index in [0.29, 0.717) is 0 Å². The van der Waals surface area contributed by atoms with E-state index in [0.717, 1.165) is 0 Å². The second-order valence-corrected chi connectivity index (χ2v) is 5.74. The minimum Gasteiger partial charge on any atom is -0.0819 e. The van der Waals surface area contributed by atoms with Crippen LogP contribution >= 0.6 is 92.8 Å². The number of hydrogen-bond acceptors (Lipinski definition) is 0. The Bertz CT molecular complexity index is 442. The monoisotopic (exact) mass is 384 g/mol. The average Bonchev–Trinajstić information content (AvgIpc) is 2.23. The van der Waals surface area contributed by atoms with E-state index in [4.69, 9.17) is 92.8 Å². The summed E-state index contributed by atoms with van der Waals surface area (Å²) in [4.78, 5) is 0. The van der Waals surface area contributed by atoms with Crippen molar-refractivity contribution in [3.8, 4) is 0 Å². The summed E-state index contributed by atoms with van der Waals surface area (Å²) in [5.74, 6) is 0. The maximum atomic E-state index is 5.92. The highest BCUT2D eigenvalue weighted by atomic mass is 35.5. The van der Waals surface area contributed by atoms with Crippen molar-refractivity contribution in [1.29, 1.82) is 0 Å². The molecule has 0 N–H and O–H groups in total. The Kier molecular flexibility index (Phi) is 5.70. The first-order valence-electron chi connectivity index (χ1n) is 3.51. The molecule has 0 heterocycles. The van der Waals surface area contributed by atoms with Crippen molar-refractivity contribution in [3.05, 3.63) is 35.2 Å². The highest BCUT2D eigenvalue weighted by molar-refractivity contribution is 6.68. The minimum absolute atomic E-state index is 0.0282. The molecule has 0 atom stereocenters. The molecule has 1 rings (SSSR count). The fourth-order valence-corrected chi connectivity index (χ4v) is 2.69. The smallest absolute Gasteiger partial charge is 0.0819 e. The SMILES string of the molecule is Cl[13C](Cl)=[13C](Cl)[13c]1[13c](Cl)[13c](Cl)[13c](Cl)[13c](Cl)[13c]1Cl. The predicted octanol–water partition coefficient (Wildman–Crippen LogP) is 7.30. The third-order valence-electron chi connectivity index (χ3n) is 1.60. The lowest BCUT2D eigenvalue weighted by Crippen LogP contribution is -1.88. The summed E-state index contributed by atoms with van der Waals surface area (Å²) in [5, 5.41) is 0.103. The van der Waals surface area contributed by atoms with Crippen molar-refractivity contribution in [1.82, 2.24) is 0 Å². The van der Waals surface area contributed by atoms with Crippen molar-refractivity contribution in [2.24, 2.45) is 0 Å². The number of benzene rings is 1. The van der Waals surface area contributed by atoms with Gasteiger partial charge in [-0.3, -0.25) is 0 Å². The fraction of sp³-hybridized carbons (Fsp3) is 0. The van der Waals surface area contributed by atoms with Gasteiger partial charge >= 0.3 is 0 Å². The topological polar surface area (TPSA) is 0 Å². The Morgan fingerprint density at radius 1 is 0.562 bits per heavy atom. The number of halogens is 8. The summed E-state index contributed by atoms with van der Waals surface area (Å²) in [6, 6.07) is 0. The third-order valence-corrected chi connectivity index (χ3v) is 4.82. The Balaban J connectivity index is 3.72. The van der Waals surface area contributed by atoms with Gasteiger partial charge in [-0.25, -0.2) is 0 Å². The van der Waals surface area contributed by atoms with Crippen molar-refractivity contribution in [2.45, 2.75) is 0 Å². The zero-order valence-electron chi connectivity index (χ0n) is 7.02. The Hall–Kier alpha value is 1.28. The van der Waals surface area contributed by atoms with Crippen molar-refractivity contribution in [3.63, 3.8) is 0 Å². The van der Waals surface area contributed by atoms with Crippen LogP contribution in [-0.2, 0) is 0 Å². The van der Waals surface area contributed by atoms with Gasteiger partial charge in [-0.15, -0.1) is 0 Å². The van der Waals surface area contributed by atoms with E-state index in [1.165, 1.54) is 0 Å². The molecule has 0 saturated heterocycles. The largest absolute Gasteiger partial charge is 0.126 e. The minimum atomic E-state index is -0.208. The van der Waals surface area contributed by atoms with Crippen LogP contribution in [0.1, 0.15) is 5.56 Å². The first kappa shape index (κ1) is 15.3. The van der Waals surface area contributed by atoms with Crippen LogP contribution in [0.25, 0.3) is 5.03 Å². The van der Waals surface area contributed by atoms with Crippen LogP contribution in [0.2, 0.25) is 25.1 Å². The number of hydrogen-bond donors (Lipinski definition) is 0. The summed E-state index contributed by atoms with van der Waals surface area (Å²) in [7, 11) is 0. The highest BCUT2D eigenvalue weighted by Gasteiger charge is 2.22. The number of rotatable bonds is 1. The van der Waals surface area contributed by atoms with Crippen molar-refractivity contribution in [2.75, 3.05) is 0 Å². The average molecular weight is 388 g/mol. The molecule has 0 saturated carbocycles. The van der Waals surface area contributed by atoms with Crippen molar-refractivity contribution < 1.29 is 0 Å². The van der Waals surface area contributed by atoms with E-state index in [-0.39, 0.29) is 40.2 Å². The normalized spacial score (nSPS) is 10.5. The van der Waals surface area contributed by atoms with Gasteiger partial charge in [0.2, 0.25) is 0 Å². The van der Waals surface area contributed by atoms with Gasteiger partial charge in [-0.05, 0) is 0 Å². The molecule has 88 valence electrons. The predicted molar refractivity (Wildman–Crippen MR) is 76.0 cm³/mol. The Morgan fingerprint density at radius 2 is 0.875 bits per heavy atom. The third kappa shape index (κ3) is 2.81. The Morgan fingerprint density at radius 3 is 1.19 bits per heavy atom. The van der Waals surface area contributed by atoms with E-state index in [2.05, 4.69) is 0 Å². The molecular formula is C8Cl8. The molecule has 0 aromatic heterocycles. The molecule has 0 bridgehead atoms. The first-order valence-corrected chi connectivity index (χ1v) is 6.54. The second-order valence-electron chi connectivity index (χ2n) is 2.52. The van der Waals surface area contributed by atoms with E-state index < -0.39 is 0 Å². The lowest BCUT2D eigenvalue weighted by atomic mass is 11.2. The van der Waals surface area contributed by atoms with E-state index in [9.17, 15) is 0 Å². The second kappa shape index (κ2) is 5.95. The highest BCUT2D eigenvalue weighted by Crippen LogP contribution is 2.48. The summed E-state index contributed by atoms with van der Waals surface area (Å²) in [5.41, 5.74) is 0.143. The lowest BCUT2D eigenvalue weighted by Gasteiger charge is -2.11. The van der Waals surface area contributed by atoms with Gasteiger partial charge in [0.25, 0.3) is 0 Å². The van der Waals surface area contributed by atoms with Gasteiger partial charge in [0, 0.05) is 5.56 Å². The Labute approximate surface area is 132 Å². The van der Waals surface area contributed by atoms with Gasteiger partial charge in [0.1, 0.15) is 4.49 Å². The molecule has 0 radical (unpaired) electrons. The van der Waals surface area contributed by atoms with E-state index >= 15 is 0 Å². The van der Waals surface area contributed by atoms with E-state index in [1.54, 1.807) is 0 Å². The molecule has 1 aromatic carbocycles. The van der Waals surface area contributed by atoms with Crippen LogP contribution in [0.4, 0.5) is 0 Å². The molecule has 0 aliphatic rings. The summed E-state index contributed by atoms with van der Waals surface area (Å²) in [6.07, 6.45) is 0. The van der Waals surface area contributed by atoms with Gasteiger partial charge in [-0.2, -0.15) is 0 Å². The first-order chi connectivity index (χ1) is 7.29. The van der Waals surface area contributed by atoms with E-state index in [1.807, 2.05) is 0 Å².